The molecule has 0 atom stereocenters. The zero-order chi connectivity index (χ0) is 6.41. The standard InChI is InChI=1S/Ir.6H2N/h;6*1H2/q+6;6*-1. The van der Waals surface area contributed by atoms with Gasteiger partial charge in [-0.1, -0.05) is 0 Å². The Bertz CT molecular complexity index is 62.7. The molecule has 0 aromatic carbocycles. The fourth-order valence-electron chi connectivity index (χ4n) is 0. The van der Waals surface area contributed by atoms with E-state index in [-0.39, 0.29) is 0 Å². The van der Waals surface area contributed by atoms with Crippen LogP contribution in [0.2, 0.25) is 0 Å². The molecule has 0 saturated carbocycles. The van der Waals surface area contributed by atoms with E-state index in [1.807, 2.05) is 0 Å². The van der Waals surface area contributed by atoms with Gasteiger partial charge in [-0.15, -0.1) is 0 Å². The molecule has 7 heteroatoms. The Balaban J connectivity index is 4.43. The van der Waals surface area contributed by atoms with Gasteiger partial charge in [0.25, 0.3) is 0 Å². The average Bonchev–Trinajstić information content (AvgIpc) is 0.592. The van der Waals surface area contributed by atoms with Gasteiger partial charge in [0, 0.05) is 0 Å². The van der Waals surface area contributed by atoms with Gasteiger partial charge in [-0.3, -0.25) is 0 Å². The topological polar surface area (TPSA) is 156 Å². The summed E-state index contributed by atoms with van der Waals surface area (Å²) in [5.41, 5.74) is 0. The molecule has 0 aromatic rings. The molecule has 7 heavy (non-hydrogen) atoms. The first-order valence-corrected chi connectivity index (χ1v) is 9.45. The van der Waals surface area contributed by atoms with E-state index >= 15 is 0 Å². The number of hydrogen-bond acceptors (Lipinski definition) is 6. The van der Waals surface area contributed by atoms with E-state index in [1.165, 1.54) is 0 Å². The molecule has 0 spiro atoms. The Hall–Kier alpha value is 0.409. The van der Waals surface area contributed by atoms with Crippen LogP contribution in [0.4, 0.5) is 0 Å². The van der Waals surface area contributed by atoms with Crippen LogP contribution < -0.4 is 26.4 Å². The van der Waals surface area contributed by atoms with Gasteiger partial charge in [-0.05, 0) is 0 Å². The first-order chi connectivity index (χ1) is 2.45. The van der Waals surface area contributed by atoms with Gasteiger partial charge in [0.2, 0.25) is 0 Å². The normalized spacial score (nSPS) is 23.1. The molecule has 0 amide bonds. The minimum absolute atomic E-state index is 4.92. The second kappa shape index (κ2) is 0.790. The van der Waals surface area contributed by atoms with E-state index in [9.17, 15) is 0 Å². The maximum atomic E-state index is 4.92. The van der Waals surface area contributed by atoms with Crippen LogP contribution in [0.25, 0.3) is 0 Å². The van der Waals surface area contributed by atoms with Crippen LogP contribution in [0.1, 0.15) is 0 Å². The summed E-state index contributed by atoms with van der Waals surface area (Å²) in [5, 5.41) is 0. The Morgan fingerprint density at radius 2 is 0.571 bits per heavy atom. The molecule has 0 aliphatic heterocycles. The zero-order valence-corrected chi connectivity index (χ0v) is 6.19. The molecule has 0 fully saturated rings. The van der Waals surface area contributed by atoms with Gasteiger partial charge in [0.15, 0.2) is 0 Å². The monoisotopic (exact) mass is 289 g/mol. The number of nitrogens with two attached hydrogens (primary N) is 6. The van der Waals surface area contributed by atoms with Crippen molar-refractivity contribution in [1.82, 2.24) is 0 Å². The van der Waals surface area contributed by atoms with Crippen molar-refractivity contribution in [3.8, 4) is 0 Å². The fraction of sp³-hybridized carbons (Fsp3) is 0. The van der Waals surface area contributed by atoms with Crippen LogP contribution in [0.15, 0.2) is 0 Å². The molecule has 0 saturated heterocycles. The third kappa shape index (κ3) is 744. The van der Waals surface area contributed by atoms with E-state index in [0.717, 1.165) is 0 Å². The molecule has 0 bridgehead atoms. The summed E-state index contributed by atoms with van der Waals surface area (Å²) in [6, 6.07) is 0. The van der Waals surface area contributed by atoms with Crippen molar-refractivity contribution >= 4 is 0 Å². The molecule has 0 aliphatic carbocycles. The molecule has 0 aromatic heterocycles. The minimum atomic E-state index is -5.17. The van der Waals surface area contributed by atoms with E-state index in [0.29, 0.717) is 0 Å². The summed E-state index contributed by atoms with van der Waals surface area (Å²) in [5.74, 6) is 0. The third-order valence-corrected chi connectivity index (χ3v) is 0. The van der Waals surface area contributed by atoms with Crippen LogP contribution in [-0.4, -0.2) is 0 Å². The molecule has 0 rings (SSSR count). The first kappa shape index (κ1) is 7.41. The quantitative estimate of drug-likeness (QED) is 0.271. The fourth-order valence-corrected chi connectivity index (χ4v) is 0. The van der Waals surface area contributed by atoms with Crippen LogP contribution >= 0.6 is 0 Å². The summed E-state index contributed by atoms with van der Waals surface area (Å²) in [6.45, 7) is 0. The van der Waals surface area contributed by atoms with Gasteiger partial charge in [0.1, 0.15) is 0 Å². The first-order valence-electron chi connectivity index (χ1n) is 1.15. The Labute approximate surface area is 41.4 Å². The molecule has 12 N–H and O–H groups in total. The van der Waals surface area contributed by atoms with Crippen LogP contribution in [0.3, 0.4) is 0 Å². The average molecular weight is 288 g/mol. The third-order valence-electron chi connectivity index (χ3n) is 0. The summed E-state index contributed by atoms with van der Waals surface area (Å²) in [6.07, 6.45) is 0. The van der Waals surface area contributed by atoms with Crippen molar-refractivity contribution < 1.29 is 14.3 Å². The van der Waals surface area contributed by atoms with Gasteiger partial charge >= 0.3 is 40.8 Å². The van der Waals surface area contributed by atoms with E-state index in [4.69, 9.17) is 26.4 Å². The Morgan fingerprint density at radius 1 is 0.571 bits per heavy atom. The SMILES string of the molecule is [NH2][Ir]([NH2])([NH2])([NH2])([NH2])[NH2]. The van der Waals surface area contributed by atoms with Gasteiger partial charge in [-0.25, -0.2) is 0 Å². The molecule has 0 aliphatic rings. The molecule has 0 radical (unpaired) electrons. The van der Waals surface area contributed by atoms with Crippen molar-refractivity contribution in [2.24, 2.45) is 26.4 Å². The predicted molar refractivity (Wildman–Crippen MR) is 25.1 cm³/mol. The summed E-state index contributed by atoms with van der Waals surface area (Å²) in [4.78, 5) is 0. The summed E-state index contributed by atoms with van der Waals surface area (Å²) in [7, 11) is 0. The molecule has 6 nitrogen and oxygen atoms in total. The van der Waals surface area contributed by atoms with Crippen LogP contribution in [0.5, 0.6) is 0 Å². The zero-order valence-electron chi connectivity index (χ0n) is 3.80. The van der Waals surface area contributed by atoms with Crippen molar-refractivity contribution in [2.45, 2.75) is 0 Å². The Morgan fingerprint density at radius 3 is 0.571 bits per heavy atom. The second-order valence-corrected chi connectivity index (χ2v) is 13.6. The van der Waals surface area contributed by atoms with Crippen molar-refractivity contribution in [3.05, 3.63) is 0 Å². The van der Waals surface area contributed by atoms with E-state index in [2.05, 4.69) is 0 Å². The molecule has 0 unspecified atom stereocenters. The molecular weight excluding hydrogens is 276 g/mol. The second-order valence-electron chi connectivity index (χ2n) is 1.67. The van der Waals surface area contributed by atoms with Crippen LogP contribution in [0, 0.1) is 0 Å². The molecular formula is H12IrN6. The molecule has 51 valence electrons. The van der Waals surface area contributed by atoms with Gasteiger partial charge in [-0.2, -0.15) is 0 Å². The van der Waals surface area contributed by atoms with Crippen molar-refractivity contribution in [2.75, 3.05) is 0 Å². The summed E-state index contributed by atoms with van der Waals surface area (Å²) >= 11 is -5.17. The van der Waals surface area contributed by atoms with Crippen molar-refractivity contribution in [3.63, 3.8) is 0 Å². The molecule has 0 heterocycles. The number of hydrogen-bond donors (Lipinski definition) is 6. The summed E-state index contributed by atoms with van der Waals surface area (Å²) < 4.78 is 29.5. The van der Waals surface area contributed by atoms with E-state index < -0.39 is 14.3 Å². The number of rotatable bonds is 0. The predicted octanol–water partition coefficient (Wildman–Crippen LogP) is -3.55. The van der Waals surface area contributed by atoms with Crippen LogP contribution in [-0.2, 0) is 14.3 Å². The van der Waals surface area contributed by atoms with Gasteiger partial charge < -0.3 is 0 Å². The Kier molecular flexibility index (Phi) is 0.836. The van der Waals surface area contributed by atoms with Crippen molar-refractivity contribution in [1.29, 1.82) is 0 Å². The van der Waals surface area contributed by atoms with Gasteiger partial charge in [0.05, 0.1) is 0 Å². The maximum absolute atomic E-state index is 5.17. The van der Waals surface area contributed by atoms with E-state index in [1.54, 1.807) is 0 Å².